The quantitative estimate of drug-likeness (QED) is 0.703. The van der Waals surface area contributed by atoms with Gasteiger partial charge >= 0.3 is 12.0 Å². The third-order valence-corrected chi connectivity index (χ3v) is 2.76. The first-order chi connectivity index (χ1) is 7.41. The fourth-order valence-electron chi connectivity index (χ4n) is 1.79. The molecule has 0 aromatic rings. The first kappa shape index (κ1) is 12.5. The Bertz CT molecular complexity index is 314. The second kappa shape index (κ2) is 5.01. The Morgan fingerprint density at radius 3 is 2.56 bits per heavy atom. The van der Waals surface area contributed by atoms with E-state index in [0.29, 0.717) is 19.6 Å². The van der Waals surface area contributed by atoms with Crippen LogP contribution in [0.3, 0.4) is 0 Å². The number of likely N-dealkylation sites (tertiary alicyclic amines) is 1. The predicted molar refractivity (Wildman–Crippen MR) is 60.1 cm³/mol. The number of carboxylic acids is 1. The van der Waals surface area contributed by atoms with E-state index >= 15 is 0 Å². The van der Waals surface area contributed by atoms with Gasteiger partial charge < -0.3 is 15.3 Å². The lowest BCUT2D eigenvalue weighted by molar-refractivity contribution is -0.142. The molecule has 2 N–H and O–H groups in total. The van der Waals surface area contributed by atoms with Gasteiger partial charge in [0.15, 0.2) is 0 Å². The summed E-state index contributed by atoms with van der Waals surface area (Å²) in [6, 6.07) is -0.210. The van der Waals surface area contributed by atoms with Crippen LogP contribution in [0.4, 0.5) is 4.79 Å². The molecule has 0 aliphatic carbocycles. The molecule has 5 heteroatoms. The van der Waals surface area contributed by atoms with E-state index < -0.39 is 11.9 Å². The Morgan fingerprint density at radius 1 is 1.50 bits per heavy atom. The Kier molecular flexibility index (Phi) is 3.93. The molecular formula is C11H18N2O3. The maximum absolute atomic E-state index is 11.6. The highest BCUT2D eigenvalue weighted by atomic mass is 16.4. The zero-order valence-corrected chi connectivity index (χ0v) is 9.69. The van der Waals surface area contributed by atoms with E-state index in [1.54, 1.807) is 4.90 Å². The van der Waals surface area contributed by atoms with Crippen molar-refractivity contribution < 1.29 is 14.7 Å². The standard InChI is InChI=1S/C11H18N2O3/c1-7(2)4-12-11(16)13-5-8(3)9(6-13)10(14)15/h8-9H,1,4-6H2,2-3H3,(H,12,16)(H,14,15). The molecule has 1 fully saturated rings. The molecule has 1 heterocycles. The van der Waals surface area contributed by atoms with E-state index in [4.69, 9.17) is 5.11 Å². The zero-order chi connectivity index (χ0) is 12.3. The van der Waals surface area contributed by atoms with Crippen LogP contribution in [0.15, 0.2) is 12.2 Å². The van der Waals surface area contributed by atoms with Crippen LogP contribution in [0, 0.1) is 11.8 Å². The topological polar surface area (TPSA) is 69.6 Å². The van der Waals surface area contributed by atoms with Crippen LogP contribution < -0.4 is 5.32 Å². The van der Waals surface area contributed by atoms with E-state index in [2.05, 4.69) is 11.9 Å². The van der Waals surface area contributed by atoms with Gasteiger partial charge in [-0.3, -0.25) is 4.79 Å². The molecule has 2 atom stereocenters. The summed E-state index contributed by atoms with van der Waals surface area (Å²) in [6.45, 7) is 8.58. The molecule has 0 aromatic heterocycles. The number of nitrogens with zero attached hydrogens (tertiary/aromatic N) is 1. The molecule has 0 radical (unpaired) electrons. The van der Waals surface area contributed by atoms with Gasteiger partial charge in [-0.25, -0.2) is 4.79 Å². The Hall–Kier alpha value is -1.52. The highest BCUT2D eigenvalue weighted by Gasteiger charge is 2.36. The summed E-state index contributed by atoms with van der Waals surface area (Å²) in [6.07, 6.45) is 0. The molecule has 1 rings (SSSR count). The van der Waals surface area contributed by atoms with Crippen molar-refractivity contribution in [3.8, 4) is 0 Å². The average Bonchev–Trinajstić information content (AvgIpc) is 2.56. The molecule has 0 spiro atoms. The SMILES string of the molecule is C=C(C)CNC(=O)N1CC(C)C(C(=O)O)C1. The van der Waals surface area contributed by atoms with Gasteiger partial charge in [0, 0.05) is 19.6 Å². The lowest BCUT2D eigenvalue weighted by Crippen LogP contribution is -2.39. The van der Waals surface area contributed by atoms with Crippen molar-refractivity contribution in [3.63, 3.8) is 0 Å². The molecule has 1 aliphatic rings. The molecule has 2 amide bonds. The van der Waals surface area contributed by atoms with Crippen LogP contribution >= 0.6 is 0 Å². The van der Waals surface area contributed by atoms with Crippen molar-refractivity contribution in [1.29, 1.82) is 0 Å². The number of hydrogen-bond acceptors (Lipinski definition) is 2. The zero-order valence-electron chi connectivity index (χ0n) is 9.69. The largest absolute Gasteiger partial charge is 0.481 e. The molecule has 1 aliphatic heterocycles. The van der Waals surface area contributed by atoms with Gasteiger partial charge in [0.1, 0.15) is 0 Å². The van der Waals surface area contributed by atoms with Gasteiger partial charge in [-0.1, -0.05) is 19.1 Å². The average molecular weight is 226 g/mol. The van der Waals surface area contributed by atoms with Crippen molar-refractivity contribution in [2.24, 2.45) is 11.8 Å². The van der Waals surface area contributed by atoms with Crippen LogP contribution in [0.1, 0.15) is 13.8 Å². The fraction of sp³-hybridized carbons (Fsp3) is 0.636. The number of nitrogens with one attached hydrogen (secondary N) is 1. The van der Waals surface area contributed by atoms with Gasteiger partial charge in [0.05, 0.1) is 5.92 Å². The van der Waals surface area contributed by atoms with Gasteiger partial charge in [-0.15, -0.1) is 0 Å². The van der Waals surface area contributed by atoms with E-state index in [1.807, 2.05) is 13.8 Å². The molecule has 0 bridgehead atoms. The smallest absolute Gasteiger partial charge is 0.317 e. The minimum absolute atomic E-state index is 0.00748. The Labute approximate surface area is 95.1 Å². The van der Waals surface area contributed by atoms with Gasteiger partial charge in [-0.2, -0.15) is 0 Å². The van der Waals surface area contributed by atoms with Gasteiger partial charge in [0.25, 0.3) is 0 Å². The normalized spacial score (nSPS) is 24.2. The summed E-state index contributed by atoms with van der Waals surface area (Å²) in [4.78, 5) is 24.1. The number of aliphatic carboxylic acids is 1. The predicted octanol–water partition coefficient (Wildman–Crippen LogP) is 0.925. The van der Waals surface area contributed by atoms with Gasteiger partial charge in [0.2, 0.25) is 0 Å². The lowest BCUT2D eigenvalue weighted by Gasteiger charge is -2.16. The molecular weight excluding hydrogens is 208 g/mol. The summed E-state index contributed by atoms with van der Waals surface area (Å²) in [5.41, 5.74) is 0.871. The summed E-state index contributed by atoms with van der Waals surface area (Å²) >= 11 is 0. The maximum atomic E-state index is 11.6. The number of carbonyl (C=O) groups is 2. The third-order valence-electron chi connectivity index (χ3n) is 2.76. The second-order valence-corrected chi connectivity index (χ2v) is 4.44. The van der Waals surface area contributed by atoms with Crippen LogP contribution in [-0.2, 0) is 4.79 Å². The highest BCUT2D eigenvalue weighted by Crippen LogP contribution is 2.22. The van der Waals surface area contributed by atoms with Crippen LogP contribution in [-0.4, -0.2) is 41.6 Å². The van der Waals surface area contributed by atoms with Gasteiger partial charge in [-0.05, 0) is 12.8 Å². The first-order valence-corrected chi connectivity index (χ1v) is 5.31. The monoisotopic (exact) mass is 226 g/mol. The summed E-state index contributed by atoms with van der Waals surface area (Å²) < 4.78 is 0. The van der Waals surface area contributed by atoms with Crippen molar-refractivity contribution in [1.82, 2.24) is 10.2 Å². The van der Waals surface area contributed by atoms with Crippen LogP contribution in [0.2, 0.25) is 0 Å². The van der Waals surface area contributed by atoms with E-state index in [1.165, 1.54) is 0 Å². The number of urea groups is 1. The van der Waals surface area contributed by atoms with Crippen molar-refractivity contribution in [2.45, 2.75) is 13.8 Å². The molecule has 0 aromatic carbocycles. The summed E-state index contributed by atoms with van der Waals surface area (Å²) in [7, 11) is 0. The molecule has 5 nitrogen and oxygen atoms in total. The van der Waals surface area contributed by atoms with E-state index in [-0.39, 0.29) is 11.9 Å². The number of hydrogen-bond donors (Lipinski definition) is 2. The minimum atomic E-state index is -0.831. The maximum Gasteiger partial charge on any atom is 0.317 e. The highest BCUT2D eigenvalue weighted by molar-refractivity contribution is 5.77. The number of rotatable bonds is 3. The summed E-state index contributed by atoms with van der Waals surface area (Å²) in [5.74, 6) is -1.27. The Morgan fingerprint density at radius 2 is 2.12 bits per heavy atom. The molecule has 2 unspecified atom stereocenters. The second-order valence-electron chi connectivity index (χ2n) is 4.44. The van der Waals surface area contributed by atoms with Crippen LogP contribution in [0.25, 0.3) is 0 Å². The number of carboxylic acid groups (broad SMARTS) is 1. The number of amides is 2. The molecule has 1 saturated heterocycles. The lowest BCUT2D eigenvalue weighted by atomic mass is 9.99. The molecule has 0 saturated carbocycles. The minimum Gasteiger partial charge on any atom is -0.481 e. The van der Waals surface area contributed by atoms with Crippen LogP contribution in [0.5, 0.6) is 0 Å². The third kappa shape index (κ3) is 2.98. The first-order valence-electron chi connectivity index (χ1n) is 5.31. The fourth-order valence-corrected chi connectivity index (χ4v) is 1.79. The number of carbonyl (C=O) groups excluding carboxylic acids is 1. The Balaban J connectivity index is 2.48. The molecule has 16 heavy (non-hydrogen) atoms. The molecule has 90 valence electrons. The van der Waals surface area contributed by atoms with Crippen molar-refractivity contribution in [2.75, 3.05) is 19.6 Å². The van der Waals surface area contributed by atoms with Crippen molar-refractivity contribution >= 4 is 12.0 Å². The summed E-state index contributed by atoms with van der Waals surface area (Å²) in [5, 5.41) is 11.6. The van der Waals surface area contributed by atoms with E-state index in [0.717, 1.165) is 5.57 Å². The van der Waals surface area contributed by atoms with E-state index in [9.17, 15) is 9.59 Å². The van der Waals surface area contributed by atoms with Crippen molar-refractivity contribution in [3.05, 3.63) is 12.2 Å².